The fourth-order valence-corrected chi connectivity index (χ4v) is 6.43. The number of carbonyl (C=O) groups is 3. The molecule has 258 valence electrons. The second kappa shape index (κ2) is 15.6. The standard InChI is InChI=1S/C41H43N3O5S/c1-25(2)49-34-17-15-29(16-18-34)28-11-13-30(14-12-28)33-23-42-38(43-24-33)31-9-7-27(8-10-31)21-32(39(46)44-26(3)40(47)48)22-35(45)36-19-20-37(50-36)41(4,5)6/h7-20,23-26,32H,21-22H2,1-6H3,(H,44,46)(H,47,48)/t26-,32-/m1/s1. The summed E-state index contributed by atoms with van der Waals surface area (Å²) < 4.78 is 5.75. The van der Waals surface area contributed by atoms with E-state index in [0.29, 0.717) is 10.7 Å². The molecule has 5 rings (SSSR count). The topological polar surface area (TPSA) is 118 Å². The molecular formula is C41H43N3O5S. The number of carboxylic acid groups (broad SMARTS) is 1. The third kappa shape index (κ3) is 9.30. The molecule has 0 radical (unpaired) electrons. The summed E-state index contributed by atoms with van der Waals surface area (Å²) in [5, 5.41) is 11.9. The molecule has 0 bridgehead atoms. The minimum Gasteiger partial charge on any atom is -0.491 e. The van der Waals surface area contributed by atoms with Gasteiger partial charge in [0.05, 0.1) is 11.0 Å². The third-order valence-corrected chi connectivity index (χ3v) is 9.83. The molecular weight excluding hydrogens is 647 g/mol. The highest BCUT2D eigenvalue weighted by Gasteiger charge is 2.27. The average molecular weight is 690 g/mol. The Morgan fingerprint density at radius 1 is 0.760 bits per heavy atom. The summed E-state index contributed by atoms with van der Waals surface area (Å²) in [5.74, 6) is -1.07. The van der Waals surface area contributed by atoms with Crippen molar-refractivity contribution in [1.29, 1.82) is 0 Å². The minimum atomic E-state index is -1.14. The molecule has 0 aliphatic carbocycles. The van der Waals surface area contributed by atoms with Crippen LogP contribution < -0.4 is 10.1 Å². The van der Waals surface area contributed by atoms with Gasteiger partial charge in [0.25, 0.3) is 0 Å². The number of hydrogen-bond donors (Lipinski definition) is 2. The van der Waals surface area contributed by atoms with Gasteiger partial charge in [-0.05, 0) is 79.1 Å². The van der Waals surface area contributed by atoms with E-state index in [1.165, 1.54) is 18.3 Å². The van der Waals surface area contributed by atoms with Crippen molar-refractivity contribution in [2.75, 3.05) is 0 Å². The van der Waals surface area contributed by atoms with Crippen LogP contribution in [0.4, 0.5) is 0 Å². The van der Waals surface area contributed by atoms with Gasteiger partial charge in [0.1, 0.15) is 11.8 Å². The summed E-state index contributed by atoms with van der Waals surface area (Å²) >= 11 is 1.43. The van der Waals surface area contributed by atoms with E-state index in [-0.39, 0.29) is 30.1 Å². The van der Waals surface area contributed by atoms with Crippen molar-refractivity contribution in [3.05, 3.63) is 113 Å². The highest BCUT2D eigenvalue weighted by molar-refractivity contribution is 7.14. The maximum absolute atomic E-state index is 13.3. The Morgan fingerprint density at radius 2 is 1.30 bits per heavy atom. The lowest BCUT2D eigenvalue weighted by Gasteiger charge is -2.18. The predicted molar refractivity (Wildman–Crippen MR) is 199 cm³/mol. The number of carboxylic acids is 1. The average Bonchev–Trinajstić information content (AvgIpc) is 3.60. The molecule has 3 aromatic carbocycles. The number of ether oxygens (including phenoxy) is 1. The van der Waals surface area contributed by atoms with Gasteiger partial charge in [0.15, 0.2) is 11.6 Å². The van der Waals surface area contributed by atoms with Crippen LogP contribution in [-0.2, 0) is 21.4 Å². The number of thiophene rings is 1. The second-order valence-corrected chi connectivity index (χ2v) is 14.9. The molecule has 0 saturated carbocycles. The molecule has 5 aromatic rings. The molecule has 0 aliphatic heterocycles. The largest absolute Gasteiger partial charge is 0.491 e. The zero-order valence-electron chi connectivity index (χ0n) is 29.3. The van der Waals surface area contributed by atoms with E-state index in [2.05, 4.69) is 72.5 Å². The highest BCUT2D eigenvalue weighted by atomic mass is 32.1. The summed E-state index contributed by atoms with van der Waals surface area (Å²) in [6.45, 7) is 11.7. The first kappa shape index (κ1) is 36.1. The number of hydrogen-bond acceptors (Lipinski definition) is 7. The lowest BCUT2D eigenvalue weighted by Crippen LogP contribution is -2.42. The summed E-state index contributed by atoms with van der Waals surface area (Å²) in [7, 11) is 0. The Bertz CT molecular complexity index is 1930. The first-order valence-electron chi connectivity index (χ1n) is 16.7. The fourth-order valence-electron chi connectivity index (χ4n) is 5.42. The number of Topliss-reactive ketones (excluding diaryl/α,β-unsaturated/α-hetero) is 1. The van der Waals surface area contributed by atoms with Gasteiger partial charge in [-0.1, -0.05) is 81.4 Å². The minimum absolute atomic E-state index is 0.0326. The fraction of sp³-hybridized carbons (Fsp3) is 0.293. The number of nitrogens with zero attached hydrogens (tertiary/aromatic N) is 2. The van der Waals surface area contributed by atoms with E-state index in [4.69, 9.17) is 4.74 Å². The molecule has 0 saturated heterocycles. The predicted octanol–water partition coefficient (Wildman–Crippen LogP) is 8.64. The summed E-state index contributed by atoms with van der Waals surface area (Å²) in [4.78, 5) is 48.8. The van der Waals surface area contributed by atoms with Crippen molar-refractivity contribution < 1.29 is 24.2 Å². The van der Waals surface area contributed by atoms with Crippen molar-refractivity contribution in [2.24, 2.45) is 5.92 Å². The number of benzene rings is 3. The molecule has 0 unspecified atom stereocenters. The summed E-state index contributed by atoms with van der Waals surface area (Å²) in [5.41, 5.74) is 5.66. The van der Waals surface area contributed by atoms with Gasteiger partial charge in [-0.3, -0.25) is 14.4 Å². The molecule has 0 aliphatic rings. The van der Waals surface area contributed by atoms with Crippen molar-refractivity contribution in [3.8, 4) is 39.4 Å². The zero-order chi connectivity index (χ0) is 36.0. The number of ketones is 1. The van der Waals surface area contributed by atoms with Crippen molar-refractivity contribution in [2.45, 2.75) is 71.9 Å². The molecule has 2 atom stereocenters. The van der Waals surface area contributed by atoms with E-state index < -0.39 is 23.8 Å². The maximum atomic E-state index is 13.3. The van der Waals surface area contributed by atoms with E-state index >= 15 is 0 Å². The van der Waals surface area contributed by atoms with Gasteiger partial charge in [-0.2, -0.15) is 0 Å². The van der Waals surface area contributed by atoms with Gasteiger partial charge in [0, 0.05) is 40.7 Å². The van der Waals surface area contributed by atoms with Crippen molar-refractivity contribution >= 4 is 29.0 Å². The van der Waals surface area contributed by atoms with Crippen LogP contribution in [0.15, 0.2) is 97.3 Å². The first-order valence-corrected chi connectivity index (χ1v) is 17.5. The van der Waals surface area contributed by atoms with Gasteiger partial charge in [-0.25, -0.2) is 9.97 Å². The lowest BCUT2D eigenvalue weighted by molar-refractivity contribution is -0.141. The Kier molecular flexibility index (Phi) is 11.3. The van der Waals surface area contributed by atoms with Crippen LogP contribution in [0.5, 0.6) is 5.75 Å². The normalized spacial score (nSPS) is 12.7. The van der Waals surface area contributed by atoms with Crippen molar-refractivity contribution in [1.82, 2.24) is 15.3 Å². The number of nitrogens with one attached hydrogen (secondary N) is 1. The first-order chi connectivity index (χ1) is 23.8. The van der Waals surface area contributed by atoms with E-state index in [9.17, 15) is 19.5 Å². The Balaban J connectivity index is 1.26. The highest BCUT2D eigenvalue weighted by Crippen LogP contribution is 2.31. The Labute approximate surface area is 297 Å². The number of aliphatic carboxylic acids is 1. The van der Waals surface area contributed by atoms with E-state index in [1.807, 2.05) is 56.3 Å². The smallest absolute Gasteiger partial charge is 0.325 e. The van der Waals surface area contributed by atoms with Crippen LogP contribution in [0.2, 0.25) is 0 Å². The molecule has 8 nitrogen and oxygen atoms in total. The molecule has 0 spiro atoms. The number of aromatic nitrogens is 2. The molecule has 0 fully saturated rings. The molecule has 1 amide bonds. The molecule has 50 heavy (non-hydrogen) atoms. The van der Waals surface area contributed by atoms with Crippen LogP contribution in [0.1, 0.15) is 68.1 Å². The zero-order valence-corrected chi connectivity index (χ0v) is 30.1. The maximum Gasteiger partial charge on any atom is 0.325 e. The van der Waals surface area contributed by atoms with Crippen molar-refractivity contribution in [3.63, 3.8) is 0 Å². The second-order valence-electron chi connectivity index (χ2n) is 13.8. The summed E-state index contributed by atoms with van der Waals surface area (Å²) in [6, 6.07) is 26.6. The molecule has 2 aromatic heterocycles. The lowest BCUT2D eigenvalue weighted by atomic mass is 9.92. The van der Waals surface area contributed by atoms with Crippen LogP contribution in [0, 0.1) is 5.92 Å². The van der Waals surface area contributed by atoms with E-state index in [0.717, 1.165) is 44.0 Å². The monoisotopic (exact) mass is 689 g/mol. The van der Waals surface area contributed by atoms with E-state index in [1.54, 1.807) is 18.5 Å². The third-order valence-electron chi connectivity index (χ3n) is 8.28. The van der Waals surface area contributed by atoms with Crippen LogP contribution >= 0.6 is 11.3 Å². The number of rotatable bonds is 13. The van der Waals surface area contributed by atoms with Gasteiger partial charge >= 0.3 is 5.97 Å². The molecule has 2 N–H and O–H groups in total. The summed E-state index contributed by atoms with van der Waals surface area (Å²) in [6.07, 6.45) is 3.97. The molecule has 2 heterocycles. The van der Waals surface area contributed by atoms with Gasteiger partial charge in [0.2, 0.25) is 5.91 Å². The SMILES string of the molecule is CC(C)Oc1ccc(-c2ccc(-c3cnc(-c4ccc(C[C@H](CC(=O)c5ccc(C(C)(C)C)s5)C(=O)N[C@H](C)C(=O)O)cc4)nc3)cc2)cc1. The number of amides is 1. The van der Waals surface area contributed by atoms with Crippen LogP contribution in [0.3, 0.4) is 0 Å². The Morgan fingerprint density at radius 3 is 1.82 bits per heavy atom. The quantitative estimate of drug-likeness (QED) is 0.119. The number of carbonyl (C=O) groups excluding carboxylic acids is 2. The van der Waals surface area contributed by atoms with Crippen LogP contribution in [0.25, 0.3) is 33.6 Å². The Hall–Kier alpha value is -5.15. The van der Waals surface area contributed by atoms with Crippen LogP contribution in [-0.4, -0.2) is 44.9 Å². The molecule has 9 heteroatoms. The van der Waals surface area contributed by atoms with Gasteiger partial charge in [-0.15, -0.1) is 11.3 Å². The van der Waals surface area contributed by atoms with Gasteiger partial charge < -0.3 is 15.2 Å².